The molecule has 2 aliphatic heterocycles. The second-order valence-electron chi connectivity index (χ2n) is 7.01. The van der Waals surface area contributed by atoms with Crippen LogP contribution in [-0.2, 0) is 24.4 Å². The molecule has 1 fully saturated rings. The van der Waals surface area contributed by atoms with Crippen molar-refractivity contribution < 1.29 is 27.9 Å². The normalized spacial score (nSPS) is 20.6. The van der Waals surface area contributed by atoms with E-state index in [4.69, 9.17) is 11.6 Å². The Morgan fingerprint density at radius 3 is 2.78 bits per heavy atom. The highest BCUT2D eigenvalue weighted by atomic mass is 35.5. The second-order valence-corrected chi connectivity index (χ2v) is 11.2. The second kappa shape index (κ2) is 10.5. The van der Waals surface area contributed by atoms with E-state index in [2.05, 4.69) is 10.0 Å². The van der Waals surface area contributed by atoms with E-state index < -0.39 is 39.2 Å². The third kappa shape index (κ3) is 5.25. The minimum absolute atomic E-state index is 0.0870. The topological polar surface area (TPSA) is 133 Å². The lowest BCUT2D eigenvalue weighted by atomic mass is 10.0. The van der Waals surface area contributed by atoms with Crippen molar-refractivity contribution in [2.45, 2.75) is 34.6 Å². The van der Waals surface area contributed by atoms with Crippen molar-refractivity contribution in [3.63, 3.8) is 0 Å². The van der Waals surface area contributed by atoms with E-state index in [1.807, 2.05) is 6.92 Å². The van der Waals surface area contributed by atoms with Crippen LogP contribution in [0.2, 0.25) is 0 Å². The maximum Gasteiger partial charge on any atom is 0.352 e. The van der Waals surface area contributed by atoms with Gasteiger partial charge in [0, 0.05) is 22.9 Å². The molecule has 3 N–H and O–H groups in total. The van der Waals surface area contributed by atoms with Crippen LogP contribution >= 0.6 is 35.1 Å². The number of hydrogen-bond acceptors (Lipinski definition) is 7. The number of β-lactam (4-membered cyclic amide) rings is 1. The number of carboxylic acid groups (broad SMARTS) is 1. The third-order valence-corrected chi connectivity index (χ3v) is 8.88. The number of carbonyl (C=O) groups is 3. The maximum absolute atomic E-state index is 12.5. The van der Waals surface area contributed by atoms with Crippen LogP contribution in [0, 0.1) is 0 Å². The van der Waals surface area contributed by atoms with E-state index in [1.54, 1.807) is 12.1 Å². The van der Waals surface area contributed by atoms with Crippen LogP contribution in [0.1, 0.15) is 13.3 Å². The number of nitrogens with zero attached hydrogens (tertiary/aromatic N) is 1. The van der Waals surface area contributed by atoms with E-state index in [0.29, 0.717) is 29.2 Å². The Morgan fingerprint density at radius 2 is 2.12 bits per heavy atom. The summed E-state index contributed by atoms with van der Waals surface area (Å²) in [5.74, 6) is -1.84. The molecular formula is C19H22ClN3O6S3. The first-order valence-electron chi connectivity index (χ1n) is 9.67. The number of halogens is 1. The number of rotatable bonds is 10. The molecule has 0 bridgehead atoms. The monoisotopic (exact) mass is 519 g/mol. The molecule has 0 saturated carbocycles. The number of fused-ring (bicyclic) bond motifs is 1. The highest BCUT2D eigenvalue weighted by Crippen LogP contribution is 2.41. The summed E-state index contributed by atoms with van der Waals surface area (Å²) >= 11 is 8.13. The summed E-state index contributed by atoms with van der Waals surface area (Å²) < 4.78 is 27.2. The van der Waals surface area contributed by atoms with Crippen LogP contribution in [0.25, 0.3) is 0 Å². The van der Waals surface area contributed by atoms with E-state index in [0.717, 1.165) is 0 Å². The number of nitrogens with one attached hydrogen (secondary N) is 2. The summed E-state index contributed by atoms with van der Waals surface area (Å²) in [5.41, 5.74) is 0.465. The van der Waals surface area contributed by atoms with Gasteiger partial charge in [0.25, 0.3) is 5.91 Å². The zero-order valence-corrected chi connectivity index (χ0v) is 20.2. The number of thioether (sulfide) groups is 2. The summed E-state index contributed by atoms with van der Waals surface area (Å²) in [6.45, 7) is 2.20. The van der Waals surface area contributed by atoms with Crippen molar-refractivity contribution in [1.29, 1.82) is 0 Å². The van der Waals surface area contributed by atoms with Crippen LogP contribution in [0.4, 0.5) is 0 Å². The van der Waals surface area contributed by atoms with Crippen LogP contribution in [0.3, 0.4) is 0 Å². The molecule has 32 heavy (non-hydrogen) atoms. The summed E-state index contributed by atoms with van der Waals surface area (Å²) in [6, 6.07) is 5.61. The van der Waals surface area contributed by atoms with Crippen molar-refractivity contribution in [2.75, 3.05) is 23.9 Å². The van der Waals surface area contributed by atoms with E-state index >= 15 is 0 Å². The van der Waals surface area contributed by atoms with Crippen molar-refractivity contribution >= 4 is 62.9 Å². The van der Waals surface area contributed by atoms with Gasteiger partial charge in [-0.2, -0.15) is 0 Å². The van der Waals surface area contributed by atoms with E-state index in [-0.39, 0.29) is 22.2 Å². The number of carbonyl (C=O) groups excluding carboxylic acids is 2. The summed E-state index contributed by atoms with van der Waals surface area (Å²) in [7, 11) is -3.62. The Kier molecular flexibility index (Phi) is 8.15. The molecule has 0 aliphatic carbocycles. The molecule has 2 aliphatic rings. The van der Waals surface area contributed by atoms with E-state index in [9.17, 15) is 27.9 Å². The lowest BCUT2D eigenvalue weighted by Crippen LogP contribution is -2.70. The van der Waals surface area contributed by atoms with Gasteiger partial charge >= 0.3 is 5.97 Å². The molecule has 1 aromatic rings. The average molecular weight is 520 g/mol. The van der Waals surface area contributed by atoms with Gasteiger partial charge in [-0.15, -0.1) is 35.1 Å². The van der Waals surface area contributed by atoms with Gasteiger partial charge in [-0.05, 0) is 30.2 Å². The molecule has 9 nitrogen and oxygen atoms in total. The van der Waals surface area contributed by atoms with Gasteiger partial charge in [-0.25, -0.2) is 17.9 Å². The largest absolute Gasteiger partial charge is 0.477 e. The fourth-order valence-electron chi connectivity index (χ4n) is 3.23. The number of sulfonamides is 1. The van der Waals surface area contributed by atoms with Crippen LogP contribution in [0.15, 0.2) is 45.3 Å². The smallest absolute Gasteiger partial charge is 0.352 e. The molecule has 1 unspecified atom stereocenters. The molecule has 2 amide bonds. The van der Waals surface area contributed by atoms with Crippen LogP contribution in [0.5, 0.6) is 0 Å². The zero-order chi connectivity index (χ0) is 23.5. The SMILES string of the molecule is CCCNS(=O)(=O)c1cccc(SCC2=C(C(=O)O)N3C(=O)C(NC(=O)CCl)[C@H]3SC2)c1. The number of hydrogen-bond donors (Lipinski definition) is 3. The van der Waals surface area contributed by atoms with Crippen molar-refractivity contribution in [2.24, 2.45) is 0 Å². The average Bonchev–Trinajstić information content (AvgIpc) is 2.78. The molecule has 2 heterocycles. The van der Waals surface area contributed by atoms with Gasteiger partial charge in [0.1, 0.15) is 23.0 Å². The maximum atomic E-state index is 12.5. The molecular weight excluding hydrogens is 498 g/mol. The highest BCUT2D eigenvalue weighted by molar-refractivity contribution is 8.01. The van der Waals surface area contributed by atoms with Crippen LogP contribution < -0.4 is 10.0 Å². The lowest BCUT2D eigenvalue weighted by Gasteiger charge is -2.49. The molecule has 1 aromatic carbocycles. The molecule has 0 aromatic heterocycles. The van der Waals surface area contributed by atoms with Gasteiger partial charge < -0.3 is 10.4 Å². The van der Waals surface area contributed by atoms with Gasteiger partial charge in [0.05, 0.1) is 4.90 Å². The predicted octanol–water partition coefficient (Wildman–Crippen LogP) is 1.44. The van der Waals surface area contributed by atoms with Gasteiger partial charge in [0.15, 0.2) is 0 Å². The Labute approximate surface area is 199 Å². The molecule has 13 heteroatoms. The minimum atomic E-state index is -3.62. The van der Waals surface area contributed by atoms with E-state index in [1.165, 1.54) is 40.6 Å². The van der Waals surface area contributed by atoms with Crippen molar-refractivity contribution in [3.05, 3.63) is 35.5 Å². The molecule has 0 radical (unpaired) electrons. The van der Waals surface area contributed by atoms with Gasteiger partial charge in [-0.3, -0.25) is 14.5 Å². The Bertz CT molecular complexity index is 1060. The number of alkyl halides is 1. The Hall–Kier alpha value is -1.73. The standard InChI is InChI=1S/C19H22ClN3O6S3/c1-2-6-21-32(28,29)13-5-3-4-12(7-13)30-9-11-10-31-18-15(22-14(24)8-20)17(25)23(18)16(11)19(26)27/h3-5,7,15,18,21H,2,6,8-10H2,1H3,(H,22,24)(H,26,27)/t15?,18-/m1/s1. The molecule has 1 saturated heterocycles. The zero-order valence-electron chi connectivity index (χ0n) is 17.0. The first kappa shape index (κ1) is 24.9. The number of amides is 2. The molecule has 3 rings (SSSR count). The van der Waals surface area contributed by atoms with Gasteiger partial charge in [0.2, 0.25) is 15.9 Å². The fraction of sp³-hybridized carbons (Fsp3) is 0.421. The summed E-state index contributed by atoms with van der Waals surface area (Å²) in [6.07, 6.45) is 0.671. The molecule has 2 atom stereocenters. The lowest BCUT2D eigenvalue weighted by molar-refractivity contribution is -0.150. The Morgan fingerprint density at radius 1 is 1.38 bits per heavy atom. The molecule has 174 valence electrons. The fourth-order valence-corrected chi connectivity index (χ4v) is 7.00. The van der Waals surface area contributed by atoms with Crippen LogP contribution in [-0.4, -0.2) is 71.6 Å². The first-order chi connectivity index (χ1) is 15.2. The third-order valence-electron chi connectivity index (χ3n) is 4.76. The quantitative estimate of drug-likeness (QED) is 0.240. The minimum Gasteiger partial charge on any atom is -0.477 e. The van der Waals surface area contributed by atoms with Crippen molar-refractivity contribution in [1.82, 2.24) is 14.9 Å². The van der Waals surface area contributed by atoms with Crippen molar-refractivity contribution in [3.8, 4) is 0 Å². The number of carboxylic acids is 1. The Balaban J connectivity index is 1.75. The highest BCUT2D eigenvalue weighted by Gasteiger charge is 2.54. The number of benzene rings is 1. The predicted molar refractivity (Wildman–Crippen MR) is 123 cm³/mol. The number of aliphatic carboxylic acids is 1. The van der Waals surface area contributed by atoms with Gasteiger partial charge in [-0.1, -0.05) is 13.0 Å². The summed E-state index contributed by atoms with van der Waals surface area (Å²) in [4.78, 5) is 37.9. The summed E-state index contributed by atoms with van der Waals surface area (Å²) in [5, 5.41) is 11.7. The molecule has 0 spiro atoms. The first-order valence-corrected chi connectivity index (χ1v) is 13.7.